The Hall–Kier alpha value is -4.33. The number of rotatable bonds is 10. The molecule has 0 saturated carbocycles. The number of carbonyl (C=O) groups is 1. The molecule has 0 radical (unpaired) electrons. The fraction of sp³-hybridized carbons (Fsp3) is 0.400. The highest BCUT2D eigenvalue weighted by atomic mass is 31.1. The van der Waals surface area contributed by atoms with Gasteiger partial charge >= 0.3 is 19.8 Å². The Balaban J connectivity index is 1.66. The van der Waals surface area contributed by atoms with Gasteiger partial charge in [0.05, 0.1) is 6.10 Å². The van der Waals surface area contributed by atoms with Crippen LogP contribution in [0.25, 0.3) is 21.2 Å². The second-order valence-electron chi connectivity index (χ2n) is 9.49. The molecule has 3 aromatic rings. The summed E-state index contributed by atoms with van der Waals surface area (Å²) in [6, 6.07) is 10.0. The molecule has 1 aliphatic rings. The Morgan fingerprint density at radius 3 is 2.76 bits per heavy atom. The number of alkyl halides is 1. The summed E-state index contributed by atoms with van der Waals surface area (Å²) < 4.78 is 42.3. The quantitative estimate of drug-likeness (QED) is 0.113. The maximum absolute atomic E-state index is 15.5. The van der Waals surface area contributed by atoms with Crippen LogP contribution < -0.4 is 25.6 Å². The van der Waals surface area contributed by atoms with Gasteiger partial charge < -0.3 is 29.9 Å². The van der Waals surface area contributed by atoms with Gasteiger partial charge in [0.2, 0.25) is 11.5 Å². The number of nitrogens with two attached hydrogens (primary N) is 1. The minimum Gasteiger partial charge on any atom is -0.575 e. The first kappa shape index (κ1) is 30.6. The number of nitrogens with zero attached hydrogens (tertiary/aromatic N) is 6. The molecule has 2 heterocycles. The highest BCUT2D eigenvalue weighted by molar-refractivity contribution is 7.34. The molecule has 15 nitrogen and oxygen atoms in total. The number of esters is 1. The van der Waals surface area contributed by atoms with Crippen LogP contribution in [0.15, 0.2) is 63.3 Å². The lowest BCUT2D eigenvalue weighted by Crippen LogP contribution is -2.43. The Kier molecular flexibility index (Phi) is 9.24. The van der Waals surface area contributed by atoms with Crippen LogP contribution in [0.1, 0.15) is 27.0 Å². The van der Waals surface area contributed by atoms with Crippen LogP contribution in [0.2, 0.25) is 0 Å². The summed E-state index contributed by atoms with van der Waals surface area (Å²) >= 11 is 0. The molecule has 222 valence electrons. The molecular formula is C25H27FN7O8P. The number of halogens is 1. The molecule has 3 N–H and O–H groups in total. The van der Waals surface area contributed by atoms with E-state index in [4.69, 9.17) is 24.5 Å². The number of benzene rings is 2. The molecule has 2 aromatic carbocycles. The molecule has 17 heteroatoms. The third-order valence-corrected chi connectivity index (χ3v) is 6.97. The van der Waals surface area contributed by atoms with Crippen LogP contribution in [0, 0.1) is 0 Å². The number of aliphatic hydroxyl groups is 1. The van der Waals surface area contributed by atoms with Gasteiger partial charge in [-0.2, -0.15) is 4.98 Å². The normalized spacial score (nSPS) is 22.9. The second kappa shape index (κ2) is 12.7. The van der Waals surface area contributed by atoms with Crippen LogP contribution in [0.5, 0.6) is 11.5 Å². The van der Waals surface area contributed by atoms with Gasteiger partial charge in [0.15, 0.2) is 24.2 Å². The van der Waals surface area contributed by atoms with Crippen molar-refractivity contribution < 1.29 is 37.9 Å². The van der Waals surface area contributed by atoms with Gasteiger partial charge in [0.1, 0.15) is 18.5 Å². The number of azide groups is 1. The molecule has 4 rings (SSSR count). The first-order chi connectivity index (χ1) is 20.0. The molecule has 0 bridgehead atoms. The zero-order valence-electron chi connectivity index (χ0n) is 22.6. The average Bonchev–Trinajstić information content (AvgIpc) is 3.17. The van der Waals surface area contributed by atoms with Crippen molar-refractivity contribution in [1.82, 2.24) is 9.55 Å². The van der Waals surface area contributed by atoms with Crippen molar-refractivity contribution in [2.24, 2.45) is 9.86 Å². The SMILES string of the molecule is CC(C)OC(=O)[C@H](C)N=[P+]([O-])Oc1c(OC[C@@]2(N=[N+]=[N-])OC(n3ccc(N)nc3=O)[C@H](O)[C@@H]2F)ccc2ccccc12. The first-order valence-electron chi connectivity index (χ1n) is 12.6. The van der Waals surface area contributed by atoms with E-state index in [0.29, 0.717) is 10.8 Å². The number of hydrogen-bond donors (Lipinski definition) is 2. The smallest absolute Gasteiger partial charge is 0.395 e. The highest BCUT2D eigenvalue weighted by Crippen LogP contribution is 2.43. The standard InChI is InChI=1S/C25H27FN7O8P/c1-13(2)39-23(35)14(3)30-42(37)41-20-16-7-5-4-6-15(16)8-9-17(20)38-12-25(31-32-28)21(26)19(34)22(40-25)33-11-10-18(27)29-24(33)36/h4-11,13-14,19,21-22,34H,12H2,1-3H3,(H2,27,29,36)/t14-,19+,21-,22?,25+/m0/s1. The number of aromatic nitrogens is 2. The van der Waals surface area contributed by atoms with Gasteiger partial charge in [-0.3, -0.25) is 9.09 Å². The zero-order valence-corrected chi connectivity index (χ0v) is 23.5. The Labute approximate surface area is 238 Å². The lowest BCUT2D eigenvalue weighted by molar-refractivity contribution is -0.170. The van der Waals surface area contributed by atoms with E-state index in [1.807, 2.05) is 0 Å². The number of fused-ring (bicyclic) bond motifs is 1. The number of carbonyl (C=O) groups excluding carboxylic acids is 1. The summed E-state index contributed by atoms with van der Waals surface area (Å²) in [6.07, 6.45) is -5.21. The van der Waals surface area contributed by atoms with E-state index in [0.717, 1.165) is 10.8 Å². The van der Waals surface area contributed by atoms with Gasteiger partial charge in [-0.25, -0.2) is 14.0 Å². The molecule has 1 aliphatic heterocycles. The van der Waals surface area contributed by atoms with Crippen molar-refractivity contribution in [3.8, 4) is 11.5 Å². The molecular weight excluding hydrogens is 576 g/mol. The van der Waals surface area contributed by atoms with Crippen molar-refractivity contribution in [1.29, 1.82) is 0 Å². The summed E-state index contributed by atoms with van der Waals surface area (Å²) in [5, 5.41) is 15.1. The van der Waals surface area contributed by atoms with E-state index < -0.39 is 62.8 Å². The maximum Gasteiger partial charge on any atom is 0.395 e. The molecule has 1 fully saturated rings. The molecule has 6 atom stereocenters. The lowest BCUT2D eigenvalue weighted by Gasteiger charge is -2.26. The number of nitrogen functional groups attached to an aromatic ring is 1. The van der Waals surface area contributed by atoms with Crippen LogP contribution in [0.4, 0.5) is 10.2 Å². The van der Waals surface area contributed by atoms with Crippen molar-refractivity contribution in [2.45, 2.75) is 57.1 Å². The summed E-state index contributed by atoms with van der Waals surface area (Å²) in [6.45, 7) is 3.91. The minimum absolute atomic E-state index is 0.0667. The van der Waals surface area contributed by atoms with Gasteiger partial charge in [-0.05, 0) is 43.8 Å². The third-order valence-electron chi connectivity index (χ3n) is 6.10. The van der Waals surface area contributed by atoms with E-state index >= 15 is 4.39 Å². The second-order valence-corrected chi connectivity index (χ2v) is 10.4. The van der Waals surface area contributed by atoms with E-state index in [1.165, 1.54) is 19.1 Å². The minimum atomic E-state index is -2.83. The monoisotopic (exact) mass is 603 g/mol. The predicted octanol–water partition coefficient (Wildman–Crippen LogP) is 2.87. The van der Waals surface area contributed by atoms with Crippen LogP contribution >= 0.6 is 8.17 Å². The van der Waals surface area contributed by atoms with Gasteiger partial charge in [0, 0.05) is 16.5 Å². The average molecular weight is 604 g/mol. The Bertz CT molecular complexity index is 1620. The lowest BCUT2D eigenvalue weighted by atomic mass is 10.1. The maximum atomic E-state index is 15.5. The summed E-state index contributed by atoms with van der Waals surface area (Å²) in [5.41, 5.74) is 11.3. The van der Waals surface area contributed by atoms with Gasteiger partial charge in [-0.15, -0.1) is 0 Å². The number of aliphatic hydroxyl groups excluding tert-OH is 1. The number of ether oxygens (including phenoxy) is 3. The van der Waals surface area contributed by atoms with Crippen molar-refractivity contribution in [2.75, 3.05) is 12.3 Å². The zero-order chi connectivity index (χ0) is 30.6. The predicted molar refractivity (Wildman–Crippen MR) is 146 cm³/mol. The van der Waals surface area contributed by atoms with Crippen LogP contribution in [0.3, 0.4) is 0 Å². The summed E-state index contributed by atoms with van der Waals surface area (Å²) in [5.74, 6) is -0.941. The molecule has 0 spiro atoms. The Morgan fingerprint density at radius 1 is 1.33 bits per heavy atom. The fourth-order valence-corrected chi connectivity index (χ4v) is 4.89. The van der Waals surface area contributed by atoms with E-state index in [9.17, 15) is 25.1 Å². The third kappa shape index (κ3) is 6.43. The molecule has 0 amide bonds. The summed E-state index contributed by atoms with van der Waals surface area (Å²) in [7, 11) is -2.83. The number of anilines is 1. The van der Waals surface area contributed by atoms with E-state index in [-0.39, 0.29) is 17.3 Å². The highest BCUT2D eigenvalue weighted by Gasteiger charge is 2.57. The van der Waals surface area contributed by atoms with Crippen molar-refractivity contribution in [3.05, 3.63) is 69.6 Å². The molecule has 42 heavy (non-hydrogen) atoms. The van der Waals surface area contributed by atoms with Crippen molar-refractivity contribution in [3.63, 3.8) is 0 Å². The van der Waals surface area contributed by atoms with Gasteiger partial charge in [0.25, 0.3) is 0 Å². The molecule has 1 saturated heterocycles. The largest absolute Gasteiger partial charge is 0.575 e. The molecule has 2 unspecified atom stereocenters. The number of hydrogen-bond acceptors (Lipinski definition) is 12. The van der Waals surface area contributed by atoms with Crippen LogP contribution in [-0.2, 0) is 14.3 Å². The molecule has 0 aliphatic carbocycles. The molecule has 1 aromatic heterocycles. The van der Waals surface area contributed by atoms with Crippen LogP contribution in [-0.4, -0.2) is 57.4 Å². The summed E-state index contributed by atoms with van der Waals surface area (Å²) in [4.78, 5) is 43.5. The van der Waals surface area contributed by atoms with E-state index in [1.54, 1.807) is 44.2 Å². The Morgan fingerprint density at radius 2 is 2.07 bits per heavy atom. The van der Waals surface area contributed by atoms with E-state index in [2.05, 4.69) is 19.8 Å². The first-order valence-corrected chi connectivity index (χ1v) is 13.7. The fourth-order valence-electron chi connectivity index (χ4n) is 4.13. The van der Waals surface area contributed by atoms with Gasteiger partial charge in [-0.1, -0.05) is 40.2 Å². The van der Waals surface area contributed by atoms with Crippen molar-refractivity contribution >= 4 is 30.7 Å². The topological polar surface area (TPSA) is 219 Å².